The van der Waals surface area contributed by atoms with Gasteiger partial charge in [-0.1, -0.05) is 31.4 Å². The minimum absolute atomic E-state index is 0.135. The molecule has 0 saturated heterocycles. The van der Waals surface area contributed by atoms with Crippen molar-refractivity contribution in [2.45, 2.75) is 38.2 Å². The van der Waals surface area contributed by atoms with Crippen molar-refractivity contribution in [1.29, 1.82) is 0 Å². The summed E-state index contributed by atoms with van der Waals surface area (Å²) in [5.41, 5.74) is 3.00. The summed E-state index contributed by atoms with van der Waals surface area (Å²) in [5, 5.41) is 10.2. The van der Waals surface area contributed by atoms with E-state index in [-0.39, 0.29) is 12.0 Å². The molecule has 1 aliphatic carbocycles. The predicted molar refractivity (Wildman–Crippen MR) is 70.5 cm³/mol. The van der Waals surface area contributed by atoms with Gasteiger partial charge in [0.15, 0.2) is 0 Å². The van der Waals surface area contributed by atoms with Gasteiger partial charge in [0.25, 0.3) is 0 Å². The number of carbonyl (C=O) groups is 1. The monoisotopic (exact) mass is 245 g/mol. The number of hydrogen-bond acceptors (Lipinski definition) is 2. The molecule has 3 nitrogen and oxygen atoms in total. The maximum absolute atomic E-state index is 11.6. The van der Waals surface area contributed by atoms with Gasteiger partial charge in [-0.25, -0.2) is 0 Å². The van der Waals surface area contributed by atoms with Gasteiger partial charge in [0, 0.05) is 12.7 Å². The molecular formula is C15H19NO2. The summed E-state index contributed by atoms with van der Waals surface area (Å²) in [5.74, 6) is 0.827. The zero-order valence-corrected chi connectivity index (χ0v) is 10.7. The van der Waals surface area contributed by atoms with E-state index in [2.05, 4.69) is 0 Å². The topological polar surface area (TPSA) is 40.5 Å². The molecule has 1 fully saturated rings. The van der Waals surface area contributed by atoms with E-state index in [9.17, 15) is 9.90 Å². The van der Waals surface area contributed by atoms with E-state index in [0.29, 0.717) is 12.3 Å². The third-order valence-electron chi connectivity index (χ3n) is 4.35. The molecule has 3 heteroatoms. The minimum atomic E-state index is -0.374. The van der Waals surface area contributed by atoms with E-state index in [0.717, 1.165) is 23.2 Å². The fourth-order valence-corrected chi connectivity index (χ4v) is 2.88. The van der Waals surface area contributed by atoms with Gasteiger partial charge in [0.2, 0.25) is 5.91 Å². The summed E-state index contributed by atoms with van der Waals surface area (Å²) in [7, 11) is 1.80. The molecule has 1 saturated carbocycles. The Kier molecular flexibility index (Phi) is 2.86. The molecule has 1 aliphatic heterocycles. The Morgan fingerprint density at radius 2 is 2.22 bits per heavy atom. The highest BCUT2D eigenvalue weighted by molar-refractivity contribution is 6.00. The number of amides is 1. The molecule has 1 amide bonds. The SMILES string of the molecule is CN1C(=O)Cc2cc(C(O)CC3CCC3)ccc21. The molecule has 0 bridgehead atoms. The van der Waals surface area contributed by atoms with Crippen molar-refractivity contribution in [3.05, 3.63) is 29.3 Å². The average Bonchev–Trinajstić information content (AvgIpc) is 2.59. The number of fused-ring (bicyclic) bond motifs is 1. The van der Waals surface area contributed by atoms with E-state index in [1.54, 1.807) is 11.9 Å². The highest BCUT2D eigenvalue weighted by Gasteiger charge is 2.26. The first-order chi connectivity index (χ1) is 8.65. The fourth-order valence-electron chi connectivity index (χ4n) is 2.88. The summed E-state index contributed by atoms with van der Waals surface area (Å²) in [6.07, 6.45) is 4.77. The second kappa shape index (κ2) is 4.39. The lowest BCUT2D eigenvalue weighted by Crippen LogP contribution is -2.20. The first-order valence-corrected chi connectivity index (χ1v) is 6.72. The number of nitrogens with zero attached hydrogens (tertiary/aromatic N) is 1. The molecular weight excluding hydrogens is 226 g/mol. The third-order valence-corrected chi connectivity index (χ3v) is 4.35. The van der Waals surface area contributed by atoms with Crippen LogP contribution in [0, 0.1) is 5.92 Å². The molecule has 0 aromatic heterocycles. The summed E-state index contributed by atoms with van der Waals surface area (Å²) in [6.45, 7) is 0. The Morgan fingerprint density at radius 1 is 1.44 bits per heavy atom. The van der Waals surface area contributed by atoms with Crippen molar-refractivity contribution in [2.75, 3.05) is 11.9 Å². The van der Waals surface area contributed by atoms with Crippen molar-refractivity contribution in [3.63, 3.8) is 0 Å². The van der Waals surface area contributed by atoms with Crippen LogP contribution >= 0.6 is 0 Å². The van der Waals surface area contributed by atoms with Crippen molar-refractivity contribution >= 4 is 11.6 Å². The van der Waals surface area contributed by atoms with Crippen LogP contribution in [0.25, 0.3) is 0 Å². The van der Waals surface area contributed by atoms with E-state index < -0.39 is 0 Å². The minimum Gasteiger partial charge on any atom is -0.388 e. The van der Waals surface area contributed by atoms with E-state index in [1.165, 1.54) is 19.3 Å². The number of rotatable bonds is 3. The maximum atomic E-state index is 11.6. The first-order valence-electron chi connectivity index (χ1n) is 6.72. The zero-order valence-electron chi connectivity index (χ0n) is 10.7. The molecule has 3 rings (SSSR count). The maximum Gasteiger partial charge on any atom is 0.231 e. The van der Waals surface area contributed by atoms with Gasteiger partial charge >= 0.3 is 0 Å². The Morgan fingerprint density at radius 3 is 2.89 bits per heavy atom. The summed E-state index contributed by atoms with van der Waals surface area (Å²) in [4.78, 5) is 13.3. The first kappa shape index (κ1) is 11.7. The van der Waals surface area contributed by atoms with Crippen molar-refractivity contribution < 1.29 is 9.90 Å². The molecule has 18 heavy (non-hydrogen) atoms. The number of anilines is 1. The van der Waals surface area contributed by atoms with Crippen LogP contribution in [0.2, 0.25) is 0 Å². The molecule has 1 N–H and O–H groups in total. The number of carbonyl (C=O) groups excluding carboxylic acids is 1. The second-order valence-corrected chi connectivity index (χ2v) is 5.57. The highest BCUT2D eigenvalue weighted by Crippen LogP contribution is 2.36. The average molecular weight is 245 g/mol. The van der Waals surface area contributed by atoms with Gasteiger partial charge < -0.3 is 10.0 Å². The number of benzene rings is 1. The van der Waals surface area contributed by atoms with Crippen LogP contribution in [0.15, 0.2) is 18.2 Å². The van der Waals surface area contributed by atoms with Gasteiger partial charge in [0.05, 0.1) is 12.5 Å². The number of hydrogen-bond donors (Lipinski definition) is 1. The van der Waals surface area contributed by atoms with E-state index in [1.807, 2.05) is 18.2 Å². The summed E-state index contributed by atoms with van der Waals surface area (Å²) >= 11 is 0. The molecule has 1 aromatic carbocycles. The van der Waals surface area contributed by atoms with E-state index in [4.69, 9.17) is 0 Å². The molecule has 1 unspecified atom stereocenters. The molecule has 1 aromatic rings. The van der Waals surface area contributed by atoms with Crippen LogP contribution in [0.4, 0.5) is 5.69 Å². The molecule has 0 radical (unpaired) electrons. The normalized spacial score (nSPS) is 20.8. The zero-order chi connectivity index (χ0) is 12.7. The molecule has 1 heterocycles. The Bertz CT molecular complexity index is 479. The van der Waals surface area contributed by atoms with Gasteiger partial charge in [-0.3, -0.25) is 4.79 Å². The molecule has 2 aliphatic rings. The Labute approximate surface area is 107 Å². The van der Waals surface area contributed by atoms with E-state index >= 15 is 0 Å². The Hall–Kier alpha value is -1.35. The predicted octanol–water partition coefficient (Wildman–Crippen LogP) is 2.43. The van der Waals surface area contributed by atoms with Gasteiger partial charge in [-0.05, 0) is 29.5 Å². The quantitative estimate of drug-likeness (QED) is 0.888. The molecule has 1 atom stereocenters. The van der Waals surface area contributed by atoms with Crippen molar-refractivity contribution in [1.82, 2.24) is 0 Å². The lowest BCUT2D eigenvalue weighted by molar-refractivity contribution is -0.117. The smallest absolute Gasteiger partial charge is 0.231 e. The molecule has 96 valence electrons. The molecule has 0 spiro atoms. The van der Waals surface area contributed by atoms with Gasteiger partial charge in [-0.2, -0.15) is 0 Å². The lowest BCUT2D eigenvalue weighted by Gasteiger charge is -2.27. The Balaban J connectivity index is 1.78. The second-order valence-electron chi connectivity index (χ2n) is 5.57. The number of aliphatic hydroxyl groups excluding tert-OH is 1. The van der Waals surface area contributed by atoms with Crippen LogP contribution in [-0.4, -0.2) is 18.1 Å². The van der Waals surface area contributed by atoms with Crippen LogP contribution in [0.5, 0.6) is 0 Å². The van der Waals surface area contributed by atoms with Crippen LogP contribution in [0.3, 0.4) is 0 Å². The fraction of sp³-hybridized carbons (Fsp3) is 0.533. The van der Waals surface area contributed by atoms with Crippen molar-refractivity contribution in [3.8, 4) is 0 Å². The summed E-state index contributed by atoms with van der Waals surface area (Å²) < 4.78 is 0. The standard InChI is InChI=1S/C15H19NO2/c1-16-13-6-5-11(8-12(13)9-15(16)18)14(17)7-10-3-2-4-10/h5-6,8,10,14,17H,2-4,7,9H2,1H3. The van der Waals surface area contributed by atoms with Crippen LogP contribution < -0.4 is 4.90 Å². The van der Waals surface area contributed by atoms with Crippen molar-refractivity contribution in [2.24, 2.45) is 5.92 Å². The van der Waals surface area contributed by atoms with Gasteiger partial charge in [0.1, 0.15) is 0 Å². The number of likely N-dealkylation sites (N-methyl/N-ethyl adjacent to an activating group) is 1. The van der Waals surface area contributed by atoms with Gasteiger partial charge in [-0.15, -0.1) is 0 Å². The van der Waals surface area contributed by atoms with Crippen LogP contribution in [-0.2, 0) is 11.2 Å². The third kappa shape index (κ3) is 1.93. The van der Waals surface area contributed by atoms with Crippen LogP contribution in [0.1, 0.15) is 42.9 Å². The summed E-state index contributed by atoms with van der Waals surface area (Å²) in [6, 6.07) is 5.91. The lowest BCUT2D eigenvalue weighted by atomic mass is 9.80. The largest absolute Gasteiger partial charge is 0.388 e. The number of aliphatic hydroxyl groups is 1. The highest BCUT2D eigenvalue weighted by atomic mass is 16.3.